The minimum absolute atomic E-state index is 0.867. The van der Waals surface area contributed by atoms with Crippen molar-refractivity contribution in [1.82, 2.24) is 9.80 Å². The number of methoxy groups -OCH3 is 1. The molecule has 0 amide bonds. The fourth-order valence-electron chi connectivity index (χ4n) is 2.69. The highest BCUT2D eigenvalue weighted by Gasteiger charge is 2.29. The van der Waals surface area contributed by atoms with Crippen LogP contribution in [0.25, 0.3) is 0 Å². The van der Waals surface area contributed by atoms with E-state index in [9.17, 15) is 0 Å². The van der Waals surface area contributed by atoms with Crippen molar-refractivity contribution in [2.45, 2.75) is 25.3 Å². The van der Waals surface area contributed by atoms with Gasteiger partial charge in [-0.3, -0.25) is 4.90 Å². The Morgan fingerprint density at radius 2 is 2.21 bits per heavy atom. The molecule has 0 N–H and O–H groups in total. The van der Waals surface area contributed by atoms with Gasteiger partial charge in [0.1, 0.15) is 0 Å². The van der Waals surface area contributed by atoms with Crippen LogP contribution in [-0.2, 0) is 4.74 Å². The van der Waals surface area contributed by atoms with Gasteiger partial charge in [-0.2, -0.15) is 0 Å². The summed E-state index contributed by atoms with van der Waals surface area (Å²) in [4.78, 5) is 5.26. The van der Waals surface area contributed by atoms with E-state index in [1.807, 2.05) is 0 Å². The summed E-state index contributed by atoms with van der Waals surface area (Å²) in [5.74, 6) is 0. The molecule has 0 spiro atoms. The van der Waals surface area contributed by atoms with E-state index in [0.717, 1.165) is 12.6 Å². The lowest BCUT2D eigenvalue weighted by Gasteiger charge is -2.37. The molecule has 0 aliphatic carbocycles. The number of rotatable bonds is 4. The number of ether oxygens (including phenoxy) is 1. The summed E-state index contributed by atoms with van der Waals surface area (Å²) in [5, 5.41) is 0. The number of hydrogen-bond donors (Lipinski definition) is 0. The van der Waals surface area contributed by atoms with E-state index in [1.54, 1.807) is 7.11 Å². The second kappa shape index (κ2) is 5.10. The predicted octanol–water partition coefficient (Wildman–Crippen LogP) is 0.803. The fourth-order valence-corrected chi connectivity index (χ4v) is 2.69. The molecular weight excluding hydrogens is 176 g/mol. The molecule has 2 aliphatic rings. The maximum atomic E-state index is 5.08. The molecule has 0 aromatic heterocycles. The topological polar surface area (TPSA) is 15.7 Å². The summed E-state index contributed by atoms with van der Waals surface area (Å²) < 4.78 is 5.08. The van der Waals surface area contributed by atoms with E-state index in [0.29, 0.717) is 0 Å². The summed E-state index contributed by atoms with van der Waals surface area (Å²) in [7, 11) is 1.79. The van der Waals surface area contributed by atoms with Gasteiger partial charge in [0.05, 0.1) is 0 Å². The van der Waals surface area contributed by atoms with E-state index in [-0.39, 0.29) is 0 Å². The minimum Gasteiger partial charge on any atom is -0.385 e. The Morgan fingerprint density at radius 1 is 1.29 bits per heavy atom. The second-order valence-corrected chi connectivity index (χ2v) is 4.48. The molecule has 1 unspecified atom stereocenters. The molecule has 2 rings (SSSR count). The molecule has 82 valence electrons. The molecule has 0 bridgehead atoms. The zero-order valence-corrected chi connectivity index (χ0v) is 9.24. The summed E-state index contributed by atoms with van der Waals surface area (Å²) in [6.07, 6.45) is 4.01. The molecule has 2 fully saturated rings. The lowest BCUT2D eigenvalue weighted by atomic mass is 10.1. The first-order valence-electron chi connectivity index (χ1n) is 5.85. The Kier molecular flexibility index (Phi) is 3.79. The summed E-state index contributed by atoms with van der Waals surface area (Å²) >= 11 is 0. The summed E-state index contributed by atoms with van der Waals surface area (Å²) in [5.41, 5.74) is 0. The molecule has 0 aromatic rings. The number of fused-ring (bicyclic) bond motifs is 1. The highest BCUT2D eigenvalue weighted by Crippen LogP contribution is 2.21. The Hall–Kier alpha value is -0.120. The van der Waals surface area contributed by atoms with E-state index in [2.05, 4.69) is 9.80 Å². The van der Waals surface area contributed by atoms with E-state index < -0.39 is 0 Å². The van der Waals surface area contributed by atoms with Gasteiger partial charge in [-0.05, 0) is 25.8 Å². The third kappa shape index (κ3) is 2.47. The Morgan fingerprint density at radius 3 is 3.07 bits per heavy atom. The lowest BCUT2D eigenvalue weighted by Crippen LogP contribution is -2.50. The minimum atomic E-state index is 0.867. The largest absolute Gasteiger partial charge is 0.385 e. The van der Waals surface area contributed by atoms with Crippen LogP contribution in [0.1, 0.15) is 19.3 Å². The number of nitrogens with zero attached hydrogens (tertiary/aromatic N) is 2. The van der Waals surface area contributed by atoms with Crippen LogP contribution in [0.15, 0.2) is 0 Å². The molecule has 2 saturated heterocycles. The molecule has 0 aromatic carbocycles. The van der Waals surface area contributed by atoms with Crippen LogP contribution < -0.4 is 0 Å². The molecule has 0 saturated carbocycles. The van der Waals surface area contributed by atoms with Crippen LogP contribution in [0.4, 0.5) is 0 Å². The Bertz CT molecular complexity index is 175. The van der Waals surface area contributed by atoms with Gasteiger partial charge in [0.2, 0.25) is 0 Å². The van der Waals surface area contributed by atoms with Gasteiger partial charge in [0.15, 0.2) is 0 Å². The van der Waals surface area contributed by atoms with Crippen molar-refractivity contribution in [3.63, 3.8) is 0 Å². The van der Waals surface area contributed by atoms with E-state index in [1.165, 1.54) is 52.0 Å². The van der Waals surface area contributed by atoms with Crippen molar-refractivity contribution < 1.29 is 4.74 Å². The molecule has 3 nitrogen and oxygen atoms in total. The van der Waals surface area contributed by atoms with Gasteiger partial charge in [-0.1, -0.05) is 0 Å². The average molecular weight is 198 g/mol. The maximum absolute atomic E-state index is 5.08. The smallest absolute Gasteiger partial charge is 0.0474 e. The first-order valence-corrected chi connectivity index (χ1v) is 5.85. The summed E-state index contributed by atoms with van der Waals surface area (Å²) in [6.45, 7) is 7.32. The normalized spacial score (nSPS) is 29.4. The number of piperazine rings is 1. The van der Waals surface area contributed by atoms with Crippen molar-refractivity contribution in [3.05, 3.63) is 0 Å². The van der Waals surface area contributed by atoms with Crippen LogP contribution in [0, 0.1) is 0 Å². The first-order chi connectivity index (χ1) is 6.90. The quantitative estimate of drug-likeness (QED) is 0.622. The molecule has 14 heavy (non-hydrogen) atoms. The van der Waals surface area contributed by atoms with Gasteiger partial charge in [-0.25, -0.2) is 0 Å². The van der Waals surface area contributed by atoms with Crippen LogP contribution >= 0.6 is 0 Å². The van der Waals surface area contributed by atoms with Crippen molar-refractivity contribution >= 4 is 0 Å². The Labute approximate surface area is 87.0 Å². The van der Waals surface area contributed by atoms with E-state index >= 15 is 0 Å². The third-order valence-corrected chi connectivity index (χ3v) is 3.49. The molecule has 2 aliphatic heterocycles. The number of hydrogen-bond acceptors (Lipinski definition) is 3. The maximum Gasteiger partial charge on any atom is 0.0474 e. The van der Waals surface area contributed by atoms with E-state index in [4.69, 9.17) is 4.74 Å². The molecule has 2 heterocycles. The average Bonchev–Trinajstić information content (AvgIpc) is 2.65. The highest BCUT2D eigenvalue weighted by molar-refractivity contribution is 4.86. The predicted molar refractivity (Wildman–Crippen MR) is 57.5 cm³/mol. The molecule has 3 heteroatoms. The van der Waals surface area contributed by atoms with Crippen LogP contribution in [0.3, 0.4) is 0 Å². The second-order valence-electron chi connectivity index (χ2n) is 4.48. The molecule has 0 radical (unpaired) electrons. The van der Waals surface area contributed by atoms with Crippen LogP contribution in [0.2, 0.25) is 0 Å². The standard InChI is InChI=1S/C11H22N2O/c1-14-9-3-5-12-7-8-13-6-2-4-11(13)10-12/h11H,2-10H2,1H3. The molecular formula is C11H22N2O. The Balaban J connectivity index is 1.69. The SMILES string of the molecule is COCCCN1CCN2CCCC2C1. The highest BCUT2D eigenvalue weighted by atomic mass is 16.5. The van der Waals surface area contributed by atoms with Crippen LogP contribution in [0.5, 0.6) is 0 Å². The van der Waals surface area contributed by atoms with Gasteiger partial charge in [0.25, 0.3) is 0 Å². The van der Waals surface area contributed by atoms with Gasteiger partial charge < -0.3 is 9.64 Å². The van der Waals surface area contributed by atoms with Crippen molar-refractivity contribution in [1.29, 1.82) is 0 Å². The fraction of sp³-hybridized carbons (Fsp3) is 1.00. The van der Waals surface area contributed by atoms with Crippen LogP contribution in [-0.4, -0.2) is 62.3 Å². The third-order valence-electron chi connectivity index (χ3n) is 3.49. The monoisotopic (exact) mass is 198 g/mol. The lowest BCUT2D eigenvalue weighted by molar-refractivity contribution is 0.0939. The molecule has 1 atom stereocenters. The van der Waals surface area contributed by atoms with Gasteiger partial charge >= 0.3 is 0 Å². The first kappa shape index (κ1) is 10.4. The zero-order valence-electron chi connectivity index (χ0n) is 9.24. The zero-order chi connectivity index (χ0) is 9.80. The van der Waals surface area contributed by atoms with Crippen molar-refractivity contribution in [2.75, 3.05) is 46.4 Å². The van der Waals surface area contributed by atoms with Gasteiger partial charge in [-0.15, -0.1) is 0 Å². The van der Waals surface area contributed by atoms with Crippen molar-refractivity contribution in [2.24, 2.45) is 0 Å². The summed E-state index contributed by atoms with van der Waals surface area (Å²) in [6, 6.07) is 0.867. The van der Waals surface area contributed by atoms with Gasteiger partial charge in [0, 0.05) is 45.9 Å². The van der Waals surface area contributed by atoms with Crippen molar-refractivity contribution in [3.8, 4) is 0 Å².